The normalized spacial score (nSPS) is 10.1. The first-order valence-electron chi connectivity index (χ1n) is 5.71. The summed E-state index contributed by atoms with van der Waals surface area (Å²) in [5.74, 6) is 4.98. The van der Waals surface area contributed by atoms with E-state index in [4.69, 9.17) is 5.84 Å². The van der Waals surface area contributed by atoms with Crippen molar-refractivity contribution in [2.75, 3.05) is 5.01 Å². The number of hydrazine groups is 1. The molecule has 0 saturated heterocycles. The predicted octanol–water partition coefficient (Wildman–Crippen LogP) is 1.53. The maximum absolute atomic E-state index is 11.4. The van der Waals surface area contributed by atoms with Gasteiger partial charge in [0.1, 0.15) is 0 Å². The molecule has 0 saturated carbocycles. The van der Waals surface area contributed by atoms with Gasteiger partial charge in [0.2, 0.25) is 6.29 Å². The van der Waals surface area contributed by atoms with E-state index in [1.807, 2.05) is 32.9 Å². The number of nitrogens with zero attached hydrogens (tertiary/aromatic N) is 1. The van der Waals surface area contributed by atoms with Crippen molar-refractivity contribution >= 4 is 17.9 Å². The fourth-order valence-electron chi connectivity index (χ4n) is 1.95. The Morgan fingerprint density at radius 3 is 2.12 bits per heavy atom. The van der Waals surface area contributed by atoms with Gasteiger partial charge in [0.05, 0.1) is 5.69 Å². The van der Waals surface area contributed by atoms with E-state index in [0.717, 1.165) is 34.5 Å². The molecule has 0 aliphatic carbocycles. The summed E-state index contributed by atoms with van der Waals surface area (Å²) in [6.45, 7) is 6.00. The van der Waals surface area contributed by atoms with Crippen molar-refractivity contribution in [2.45, 2.75) is 33.6 Å². The Kier molecular flexibility index (Phi) is 4.40. The largest absolute Gasteiger partial charge is 0.305 e. The third kappa shape index (κ3) is 2.71. The van der Waals surface area contributed by atoms with Gasteiger partial charge in [0, 0.05) is 0 Å². The SMILES string of the molecule is CCc1cc(C)cc(CC)c1N(N)C(=O)C=O. The van der Waals surface area contributed by atoms with E-state index in [2.05, 4.69) is 0 Å². The quantitative estimate of drug-likeness (QED) is 0.282. The van der Waals surface area contributed by atoms with Gasteiger partial charge in [-0.15, -0.1) is 0 Å². The van der Waals surface area contributed by atoms with Crippen LogP contribution in [-0.4, -0.2) is 12.2 Å². The Morgan fingerprint density at radius 2 is 1.76 bits per heavy atom. The highest BCUT2D eigenvalue weighted by Gasteiger charge is 2.17. The molecule has 0 bridgehead atoms. The second-order valence-electron chi connectivity index (χ2n) is 3.96. The van der Waals surface area contributed by atoms with E-state index < -0.39 is 5.91 Å². The standard InChI is InChI=1S/C13H18N2O2/c1-4-10-6-9(3)7-11(5-2)13(10)15(14)12(17)8-16/h6-8H,4-5,14H2,1-3H3. The number of nitrogens with two attached hydrogens (primary N) is 1. The molecule has 2 N–H and O–H groups in total. The van der Waals surface area contributed by atoms with E-state index in [1.165, 1.54) is 0 Å². The number of aryl methyl sites for hydroxylation is 3. The number of carbonyl (C=O) groups is 2. The van der Waals surface area contributed by atoms with Crippen molar-refractivity contribution in [3.05, 3.63) is 28.8 Å². The van der Waals surface area contributed by atoms with Crippen molar-refractivity contribution in [1.82, 2.24) is 0 Å². The molecule has 0 radical (unpaired) electrons. The summed E-state index contributed by atoms with van der Waals surface area (Å²) in [6, 6.07) is 3.98. The van der Waals surface area contributed by atoms with Gasteiger partial charge in [0.25, 0.3) is 0 Å². The number of carbonyl (C=O) groups excluding carboxylic acids is 2. The first-order valence-corrected chi connectivity index (χ1v) is 5.71. The lowest BCUT2D eigenvalue weighted by molar-refractivity contribution is -0.129. The van der Waals surface area contributed by atoms with E-state index in [-0.39, 0.29) is 6.29 Å². The Labute approximate surface area is 101 Å². The van der Waals surface area contributed by atoms with Gasteiger partial charge >= 0.3 is 5.91 Å². The van der Waals surface area contributed by atoms with Crippen molar-refractivity contribution in [1.29, 1.82) is 0 Å². The fraction of sp³-hybridized carbons (Fsp3) is 0.385. The highest BCUT2D eigenvalue weighted by Crippen LogP contribution is 2.26. The van der Waals surface area contributed by atoms with Gasteiger partial charge in [-0.05, 0) is 30.9 Å². The minimum atomic E-state index is -0.724. The van der Waals surface area contributed by atoms with E-state index in [0.29, 0.717) is 5.69 Å². The molecule has 4 heteroatoms. The Morgan fingerprint density at radius 1 is 1.29 bits per heavy atom. The molecule has 1 amide bonds. The molecule has 0 aliphatic heterocycles. The highest BCUT2D eigenvalue weighted by molar-refractivity contribution is 6.30. The molecule has 0 aromatic heterocycles. The molecule has 0 spiro atoms. The van der Waals surface area contributed by atoms with Crippen LogP contribution in [0.5, 0.6) is 0 Å². The molecule has 0 fully saturated rings. The molecular formula is C13H18N2O2. The number of aldehydes is 1. The van der Waals surface area contributed by atoms with Crippen LogP contribution < -0.4 is 10.9 Å². The zero-order chi connectivity index (χ0) is 13.0. The van der Waals surface area contributed by atoms with Gasteiger partial charge in [-0.1, -0.05) is 31.5 Å². The molecule has 0 unspecified atom stereocenters. The van der Waals surface area contributed by atoms with Crippen LogP contribution >= 0.6 is 0 Å². The number of amides is 1. The van der Waals surface area contributed by atoms with E-state index in [9.17, 15) is 9.59 Å². The summed E-state index contributed by atoms with van der Waals surface area (Å²) in [4.78, 5) is 21.9. The summed E-state index contributed by atoms with van der Waals surface area (Å²) < 4.78 is 0. The number of anilines is 1. The number of rotatable bonds is 4. The van der Waals surface area contributed by atoms with E-state index >= 15 is 0 Å². The minimum Gasteiger partial charge on any atom is -0.292 e. The van der Waals surface area contributed by atoms with Crippen LogP contribution in [-0.2, 0) is 22.4 Å². The predicted molar refractivity (Wildman–Crippen MR) is 67.7 cm³/mol. The number of hydrogen-bond donors (Lipinski definition) is 1. The zero-order valence-corrected chi connectivity index (χ0v) is 10.5. The summed E-state index contributed by atoms with van der Waals surface area (Å²) in [6.07, 6.45) is 1.77. The van der Waals surface area contributed by atoms with Gasteiger partial charge in [-0.25, -0.2) is 10.9 Å². The third-order valence-electron chi connectivity index (χ3n) is 2.75. The van der Waals surface area contributed by atoms with Crippen molar-refractivity contribution in [3.8, 4) is 0 Å². The minimum absolute atomic E-state index is 0.235. The lowest BCUT2D eigenvalue weighted by Gasteiger charge is -2.21. The zero-order valence-electron chi connectivity index (χ0n) is 10.5. The molecule has 4 nitrogen and oxygen atoms in total. The van der Waals surface area contributed by atoms with Crippen LogP contribution in [0.1, 0.15) is 30.5 Å². The monoisotopic (exact) mass is 234 g/mol. The third-order valence-corrected chi connectivity index (χ3v) is 2.75. The summed E-state index contributed by atoms with van der Waals surface area (Å²) in [5, 5.41) is 0.949. The molecule has 0 aliphatic rings. The summed E-state index contributed by atoms with van der Waals surface area (Å²) in [5.41, 5.74) is 3.77. The molecule has 0 heterocycles. The summed E-state index contributed by atoms with van der Waals surface area (Å²) in [7, 11) is 0. The lowest BCUT2D eigenvalue weighted by Crippen LogP contribution is -2.39. The van der Waals surface area contributed by atoms with Gasteiger partial charge in [-0.2, -0.15) is 0 Å². The second-order valence-corrected chi connectivity index (χ2v) is 3.96. The first-order chi connectivity index (χ1) is 8.04. The van der Waals surface area contributed by atoms with Crippen LogP contribution in [0.4, 0.5) is 5.69 Å². The van der Waals surface area contributed by atoms with Gasteiger partial charge in [0.15, 0.2) is 0 Å². The molecule has 17 heavy (non-hydrogen) atoms. The summed E-state index contributed by atoms with van der Waals surface area (Å²) >= 11 is 0. The van der Waals surface area contributed by atoms with Crippen LogP contribution in [0.15, 0.2) is 12.1 Å². The average Bonchev–Trinajstić information content (AvgIpc) is 2.35. The Balaban J connectivity index is 3.37. The van der Waals surface area contributed by atoms with Crippen LogP contribution in [0.25, 0.3) is 0 Å². The second kappa shape index (κ2) is 5.59. The molecule has 1 aromatic rings. The molecule has 92 valence electrons. The highest BCUT2D eigenvalue weighted by atomic mass is 16.2. The Bertz CT molecular complexity index is 416. The van der Waals surface area contributed by atoms with Crippen LogP contribution in [0.2, 0.25) is 0 Å². The Hall–Kier alpha value is -1.68. The average molecular weight is 234 g/mol. The lowest BCUT2D eigenvalue weighted by atomic mass is 9.99. The number of benzene rings is 1. The van der Waals surface area contributed by atoms with Gasteiger partial charge in [-0.3, -0.25) is 9.59 Å². The maximum atomic E-state index is 11.4. The van der Waals surface area contributed by atoms with Crippen LogP contribution in [0.3, 0.4) is 0 Å². The molecule has 1 rings (SSSR count). The first kappa shape index (κ1) is 13.4. The molecule has 1 aromatic carbocycles. The molecular weight excluding hydrogens is 216 g/mol. The maximum Gasteiger partial charge on any atom is 0.305 e. The number of hydrogen-bond acceptors (Lipinski definition) is 3. The van der Waals surface area contributed by atoms with Crippen LogP contribution in [0, 0.1) is 6.92 Å². The topological polar surface area (TPSA) is 63.4 Å². The van der Waals surface area contributed by atoms with Crippen molar-refractivity contribution in [2.24, 2.45) is 5.84 Å². The molecule has 0 atom stereocenters. The van der Waals surface area contributed by atoms with E-state index in [1.54, 1.807) is 0 Å². The fourth-order valence-corrected chi connectivity index (χ4v) is 1.95. The van der Waals surface area contributed by atoms with Crippen molar-refractivity contribution < 1.29 is 9.59 Å². The van der Waals surface area contributed by atoms with Gasteiger partial charge < -0.3 is 0 Å². The van der Waals surface area contributed by atoms with Crippen molar-refractivity contribution in [3.63, 3.8) is 0 Å². The smallest absolute Gasteiger partial charge is 0.292 e.